The maximum absolute atomic E-state index is 5.71. The van der Waals surface area contributed by atoms with Gasteiger partial charge in [0.1, 0.15) is 0 Å². The largest absolute Gasteiger partial charge is 0.376 e. The summed E-state index contributed by atoms with van der Waals surface area (Å²) in [5, 5.41) is 3.49. The first-order valence-corrected chi connectivity index (χ1v) is 8.56. The normalized spacial score (nSPS) is 24.2. The fourth-order valence-electron chi connectivity index (χ4n) is 2.63. The number of ether oxygens (including phenoxy) is 1. The molecule has 1 fully saturated rings. The van der Waals surface area contributed by atoms with E-state index in [1.165, 1.54) is 21.7 Å². The minimum absolute atomic E-state index is 0.357. The van der Waals surface area contributed by atoms with E-state index >= 15 is 0 Å². The lowest BCUT2D eigenvalue weighted by molar-refractivity contribution is -0.0526. The molecule has 1 aromatic rings. The lowest BCUT2D eigenvalue weighted by atomic mass is 10.1. The molecule has 3 nitrogen and oxygen atoms in total. The third kappa shape index (κ3) is 4.29. The fourth-order valence-corrected chi connectivity index (χ4v) is 3.65. The molecule has 1 aromatic heterocycles. The molecule has 2 heterocycles. The molecule has 0 spiro atoms. The van der Waals surface area contributed by atoms with Crippen LogP contribution < -0.4 is 5.32 Å². The Kier molecular flexibility index (Phi) is 6.02. The van der Waals surface area contributed by atoms with Crippen LogP contribution in [-0.4, -0.2) is 36.7 Å². The molecule has 1 aliphatic rings. The summed E-state index contributed by atoms with van der Waals surface area (Å²) in [6, 6.07) is 2.90. The first-order chi connectivity index (χ1) is 9.60. The molecule has 1 aliphatic heterocycles. The van der Waals surface area contributed by atoms with Crippen molar-refractivity contribution in [2.75, 3.05) is 19.7 Å². The van der Waals surface area contributed by atoms with E-state index in [0.29, 0.717) is 12.1 Å². The van der Waals surface area contributed by atoms with Gasteiger partial charge in [-0.05, 0) is 45.4 Å². The van der Waals surface area contributed by atoms with Gasteiger partial charge in [-0.1, -0.05) is 6.92 Å². The molecular formula is C16H28N2OS. The molecule has 114 valence electrons. The number of thiophene rings is 1. The Morgan fingerprint density at radius 1 is 1.45 bits per heavy atom. The number of rotatable bonds is 6. The molecule has 4 heteroatoms. The average molecular weight is 296 g/mol. The van der Waals surface area contributed by atoms with Crippen molar-refractivity contribution in [1.29, 1.82) is 0 Å². The second kappa shape index (κ2) is 7.55. The molecule has 1 saturated heterocycles. The predicted molar refractivity (Wildman–Crippen MR) is 86.3 cm³/mol. The van der Waals surface area contributed by atoms with Gasteiger partial charge in [0.25, 0.3) is 0 Å². The Morgan fingerprint density at radius 2 is 2.25 bits per heavy atom. The quantitative estimate of drug-likeness (QED) is 0.816. The van der Waals surface area contributed by atoms with Crippen LogP contribution in [0, 0.1) is 6.92 Å². The third-order valence-electron chi connectivity index (χ3n) is 3.91. The van der Waals surface area contributed by atoms with Crippen LogP contribution >= 0.6 is 11.3 Å². The van der Waals surface area contributed by atoms with E-state index in [-0.39, 0.29) is 0 Å². The first-order valence-electron chi connectivity index (χ1n) is 7.74. The SMILES string of the molecule is CCCNCc1cc(CN2CC(C)OCC2C)c(C)s1. The minimum Gasteiger partial charge on any atom is -0.376 e. The summed E-state index contributed by atoms with van der Waals surface area (Å²) in [6.45, 7) is 14.0. The zero-order chi connectivity index (χ0) is 14.5. The summed E-state index contributed by atoms with van der Waals surface area (Å²) in [4.78, 5) is 5.47. The van der Waals surface area contributed by atoms with Gasteiger partial charge in [0, 0.05) is 35.4 Å². The van der Waals surface area contributed by atoms with Crippen molar-refractivity contribution in [1.82, 2.24) is 10.2 Å². The zero-order valence-electron chi connectivity index (χ0n) is 13.2. The van der Waals surface area contributed by atoms with Gasteiger partial charge in [0.05, 0.1) is 12.7 Å². The summed E-state index contributed by atoms with van der Waals surface area (Å²) < 4.78 is 5.71. The molecule has 2 atom stereocenters. The smallest absolute Gasteiger partial charge is 0.0674 e. The average Bonchev–Trinajstić information content (AvgIpc) is 2.75. The summed E-state index contributed by atoms with van der Waals surface area (Å²) in [5.41, 5.74) is 1.49. The van der Waals surface area contributed by atoms with Gasteiger partial charge in [0.2, 0.25) is 0 Å². The summed E-state index contributed by atoms with van der Waals surface area (Å²) in [6.07, 6.45) is 1.55. The molecule has 1 N–H and O–H groups in total. The van der Waals surface area contributed by atoms with Crippen molar-refractivity contribution in [3.05, 3.63) is 21.4 Å². The Labute approximate surface area is 127 Å². The molecule has 2 rings (SSSR count). The van der Waals surface area contributed by atoms with Gasteiger partial charge in [0.15, 0.2) is 0 Å². The summed E-state index contributed by atoms with van der Waals surface area (Å²) in [7, 11) is 0. The second-order valence-corrected chi connectivity index (χ2v) is 7.23. The van der Waals surface area contributed by atoms with Crippen LogP contribution in [0.1, 0.15) is 42.5 Å². The maximum Gasteiger partial charge on any atom is 0.0674 e. The van der Waals surface area contributed by atoms with Crippen LogP contribution in [0.15, 0.2) is 6.07 Å². The van der Waals surface area contributed by atoms with Crippen LogP contribution in [0.4, 0.5) is 0 Å². The topological polar surface area (TPSA) is 24.5 Å². The van der Waals surface area contributed by atoms with Gasteiger partial charge >= 0.3 is 0 Å². The second-order valence-electron chi connectivity index (χ2n) is 5.89. The van der Waals surface area contributed by atoms with E-state index in [1.807, 2.05) is 11.3 Å². The minimum atomic E-state index is 0.357. The van der Waals surface area contributed by atoms with Gasteiger partial charge < -0.3 is 10.1 Å². The molecular weight excluding hydrogens is 268 g/mol. The number of hydrogen-bond donors (Lipinski definition) is 1. The Morgan fingerprint density at radius 3 is 3.00 bits per heavy atom. The van der Waals surface area contributed by atoms with Gasteiger partial charge in [-0.2, -0.15) is 0 Å². The Balaban J connectivity index is 1.94. The first kappa shape index (κ1) is 16.0. The van der Waals surface area contributed by atoms with Crippen molar-refractivity contribution in [2.24, 2.45) is 0 Å². The lowest BCUT2D eigenvalue weighted by Gasteiger charge is -2.36. The van der Waals surface area contributed by atoms with Crippen LogP contribution in [0.25, 0.3) is 0 Å². The standard InChI is InChI=1S/C16H28N2OS/c1-5-6-17-8-16-7-15(14(4)20-16)10-18-9-13(3)19-11-12(18)2/h7,12-13,17H,5-6,8-11H2,1-4H3. The maximum atomic E-state index is 5.71. The molecule has 0 aromatic carbocycles. The van der Waals surface area contributed by atoms with E-state index in [9.17, 15) is 0 Å². The third-order valence-corrected chi connectivity index (χ3v) is 5.00. The van der Waals surface area contributed by atoms with Crippen molar-refractivity contribution in [3.63, 3.8) is 0 Å². The highest BCUT2D eigenvalue weighted by Gasteiger charge is 2.24. The van der Waals surface area contributed by atoms with Crippen LogP contribution in [0.2, 0.25) is 0 Å². The predicted octanol–water partition coefficient (Wildman–Crippen LogP) is 3.17. The van der Waals surface area contributed by atoms with Crippen LogP contribution in [-0.2, 0) is 17.8 Å². The monoisotopic (exact) mass is 296 g/mol. The van der Waals surface area contributed by atoms with Crippen LogP contribution in [0.3, 0.4) is 0 Å². The molecule has 0 saturated carbocycles. The van der Waals surface area contributed by atoms with Gasteiger partial charge in [-0.15, -0.1) is 11.3 Å². The van der Waals surface area contributed by atoms with Crippen molar-refractivity contribution in [2.45, 2.75) is 59.4 Å². The molecule has 0 aliphatic carbocycles. The van der Waals surface area contributed by atoms with E-state index in [4.69, 9.17) is 4.74 Å². The summed E-state index contributed by atoms with van der Waals surface area (Å²) in [5.74, 6) is 0. The number of nitrogens with zero attached hydrogens (tertiary/aromatic N) is 1. The van der Waals surface area contributed by atoms with Crippen molar-refractivity contribution in [3.8, 4) is 0 Å². The molecule has 0 amide bonds. The highest BCUT2D eigenvalue weighted by Crippen LogP contribution is 2.25. The fraction of sp³-hybridized carbons (Fsp3) is 0.750. The number of hydrogen-bond acceptors (Lipinski definition) is 4. The highest BCUT2D eigenvalue weighted by atomic mass is 32.1. The molecule has 20 heavy (non-hydrogen) atoms. The number of nitrogens with one attached hydrogen (secondary N) is 1. The highest BCUT2D eigenvalue weighted by molar-refractivity contribution is 7.12. The van der Waals surface area contributed by atoms with E-state index in [0.717, 1.165) is 32.8 Å². The molecule has 0 bridgehead atoms. The zero-order valence-corrected chi connectivity index (χ0v) is 14.1. The number of morpholine rings is 1. The van der Waals surface area contributed by atoms with Crippen molar-refractivity contribution < 1.29 is 4.74 Å². The van der Waals surface area contributed by atoms with E-state index in [2.05, 4.69) is 44.0 Å². The van der Waals surface area contributed by atoms with Crippen LogP contribution in [0.5, 0.6) is 0 Å². The summed E-state index contributed by atoms with van der Waals surface area (Å²) >= 11 is 1.93. The van der Waals surface area contributed by atoms with Gasteiger partial charge in [-0.25, -0.2) is 0 Å². The Hall–Kier alpha value is -0.420. The Bertz CT molecular complexity index is 419. The van der Waals surface area contributed by atoms with Gasteiger partial charge in [-0.3, -0.25) is 4.90 Å². The number of aryl methyl sites for hydroxylation is 1. The van der Waals surface area contributed by atoms with Crippen molar-refractivity contribution >= 4 is 11.3 Å². The lowest BCUT2D eigenvalue weighted by Crippen LogP contribution is -2.46. The van der Waals surface area contributed by atoms with E-state index < -0.39 is 0 Å². The molecule has 0 radical (unpaired) electrons. The van der Waals surface area contributed by atoms with E-state index in [1.54, 1.807) is 0 Å². The molecule has 2 unspecified atom stereocenters.